The number of benzene rings is 2. The van der Waals surface area contributed by atoms with Crippen molar-refractivity contribution in [3.05, 3.63) is 59.7 Å². The van der Waals surface area contributed by atoms with Gasteiger partial charge in [0.2, 0.25) is 0 Å². The maximum absolute atomic E-state index is 12.0. The third-order valence-electron chi connectivity index (χ3n) is 3.60. The molecule has 4 heteroatoms. The van der Waals surface area contributed by atoms with Crippen molar-refractivity contribution in [3.63, 3.8) is 0 Å². The van der Waals surface area contributed by atoms with Crippen LogP contribution in [0.25, 0.3) is 0 Å². The topological polar surface area (TPSA) is 47.6 Å². The average molecular weight is 297 g/mol. The molecule has 0 radical (unpaired) electrons. The monoisotopic (exact) mass is 297 g/mol. The minimum atomic E-state index is -0.130. The van der Waals surface area contributed by atoms with Crippen LogP contribution in [-0.2, 0) is 11.2 Å². The molecule has 3 rings (SSSR count). The number of hydrogen-bond donors (Lipinski definition) is 1. The molecule has 1 aliphatic heterocycles. The summed E-state index contributed by atoms with van der Waals surface area (Å²) in [6.07, 6.45) is 0.784. The molecule has 1 atom stereocenters. The largest absolute Gasteiger partial charge is 0.491 e. The minimum absolute atomic E-state index is 0.0106. The van der Waals surface area contributed by atoms with Crippen molar-refractivity contribution < 1.29 is 14.3 Å². The highest BCUT2D eigenvalue weighted by Gasteiger charge is 2.21. The van der Waals surface area contributed by atoms with Gasteiger partial charge in [-0.3, -0.25) is 4.79 Å². The van der Waals surface area contributed by atoms with Gasteiger partial charge < -0.3 is 14.8 Å². The lowest BCUT2D eigenvalue weighted by atomic mass is 10.0. The summed E-state index contributed by atoms with van der Waals surface area (Å²) in [7, 11) is 0. The molecule has 2 aromatic carbocycles. The van der Waals surface area contributed by atoms with Crippen LogP contribution in [0, 0.1) is 6.92 Å². The number of fused-ring (bicyclic) bond motifs is 1. The molecule has 0 spiro atoms. The van der Waals surface area contributed by atoms with Crippen LogP contribution in [0.5, 0.6) is 11.5 Å². The number of nitrogens with one attached hydrogen (secondary N) is 1. The van der Waals surface area contributed by atoms with Crippen molar-refractivity contribution in [2.75, 3.05) is 13.2 Å². The average Bonchev–Trinajstić information content (AvgIpc) is 2.53. The Bertz CT molecular complexity index is 669. The summed E-state index contributed by atoms with van der Waals surface area (Å²) in [6.45, 7) is 2.50. The van der Waals surface area contributed by atoms with Gasteiger partial charge in [-0.15, -0.1) is 0 Å². The molecule has 1 heterocycles. The molecule has 1 unspecified atom stereocenters. The van der Waals surface area contributed by atoms with Gasteiger partial charge in [-0.2, -0.15) is 0 Å². The fraction of sp³-hybridized carbons (Fsp3) is 0.278. The number of amides is 1. The number of ether oxygens (including phenoxy) is 2. The van der Waals surface area contributed by atoms with Crippen LogP contribution in [0.4, 0.5) is 0 Å². The van der Waals surface area contributed by atoms with Crippen LogP contribution in [0.1, 0.15) is 11.1 Å². The van der Waals surface area contributed by atoms with Gasteiger partial charge >= 0.3 is 0 Å². The maximum atomic E-state index is 12.0. The molecule has 0 saturated heterocycles. The van der Waals surface area contributed by atoms with E-state index in [1.807, 2.05) is 55.5 Å². The van der Waals surface area contributed by atoms with Gasteiger partial charge in [-0.25, -0.2) is 0 Å². The van der Waals surface area contributed by atoms with Gasteiger partial charge in [0.15, 0.2) is 6.61 Å². The Morgan fingerprint density at radius 2 is 2.14 bits per heavy atom. The third-order valence-corrected chi connectivity index (χ3v) is 3.60. The van der Waals surface area contributed by atoms with Gasteiger partial charge in [0, 0.05) is 0 Å². The Labute approximate surface area is 130 Å². The predicted octanol–water partition coefficient (Wildman–Crippen LogP) is 2.49. The Morgan fingerprint density at radius 3 is 3.00 bits per heavy atom. The Kier molecular flexibility index (Phi) is 4.28. The van der Waals surface area contributed by atoms with Gasteiger partial charge in [0.25, 0.3) is 5.91 Å². The second-order valence-electron chi connectivity index (χ2n) is 5.49. The highest BCUT2D eigenvalue weighted by Crippen LogP contribution is 2.23. The van der Waals surface area contributed by atoms with Crippen LogP contribution < -0.4 is 14.8 Å². The first-order valence-electron chi connectivity index (χ1n) is 7.40. The zero-order valence-corrected chi connectivity index (χ0v) is 12.5. The number of para-hydroxylation sites is 1. The first-order valence-corrected chi connectivity index (χ1v) is 7.40. The normalized spacial score (nSPS) is 16.3. The Hall–Kier alpha value is -2.49. The van der Waals surface area contributed by atoms with Gasteiger partial charge in [-0.1, -0.05) is 30.3 Å². The van der Waals surface area contributed by atoms with E-state index in [2.05, 4.69) is 5.32 Å². The first kappa shape index (κ1) is 14.4. The standard InChI is InChI=1S/C18H19NO3/c1-13-5-4-7-16(9-13)21-12-18(20)19-15-10-14-6-2-3-8-17(14)22-11-15/h2-9,15H,10-12H2,1H3,(H,19,20). The smallest absolute Gasteiger partial charge is 0.258 e. The van der Waals surface area contributed by atoms with E-state index in [9.17, 15) is 4.79 Å². The molecular weight excluding hydrogens is 278 g/mol. The van der Waals surface area contributed by atoms with Crippen LogP contribution in [-0.4, -0.2) is 25.2 Å². The van der Waals surface area contributed by atoms with Crippen LogP contribution in [0.2, 0.25) is 0 Å². The summed E-state index contributed by atoms with van der Waals surface area (Å²) in [4.78, 5) is 12.0. The van der Waals surface area contributed by atoms with Crippen LogP contribution >= 0.6 is 0 Å². The van der Waals surface area contributed by atoms with Gasteiger partial charge in [-0.05, 0) is 42.7 Å². The minimum Gasteiger partial charge on any atom is -0.491 e. The fourth-order valence-corrected chi connectivity index (χ4v) is 2.54. The summed E-state index contributed by atoms with van der Waals surface area (Å²) >= 11 is 0. The number of aryl methyl sites for hydroxylation is 1. The van der Waals surface area contributed by atoms with Crippen LogP contribution in [0.3, 0.4) is 0 Å². The highest BCUT2D eigenvalue weighted by molar-refractivity contribution is 5.78. The number of hydrogen-bond acceptors (Lipinski definition) is 3. The van der Waals surface area contributed by atoms with E-state index < -0.39 is 0 Å². The molecule has 2 aromatic rings. The molecule has 0 aliphatic carbocycles. The molecule has 0 aromatic heterocycles. The summed E-state index contributed by atoms with van der Waals surface area (Å²) < 4.78 is 11.2. The van der Waals surface area contributed by atoms with Crippen LogP contribution in [0.15, 0.2) is 48.5 Å². The Morgan fingerprint density at radius 1 is 1.27 bits per heavy atom. The van der Waals surface area contributed by atoms with Crippen molar-refractivity contribution in [2.45, 2.75) is 19.4 Å². The predicted molar refractivity (Wildman–Crippen MR) is 84.2 cm³/mol. The molecule has 22 heavy (non-hydrogen) atoms. The van der Waals surface area contributed by atoms with E-state index >= 15 is 0 Å². The number of carbonyl (C=O) groups excluding carboxylic acids is 1. The molecule has 114 valence electrons. The molecule has 0 saturated carbocycles. The maximum Gasteiger partial charge on any atom is 0.258 e. The quantitative estimate of drug-likeness (QED) is 0.943. The highest BCUT2D eigenvalue weighted by atomic mass is 16.5. The molecule has 0 bridgehead atoms. The van der Waals surface area contributed by atoms with E-state index in [0.29, 0.717) is 12.4 Å². The lowest BCUT2D eigenvalue weighted by Crippen LogP contribution is -2.44. The lowest BCUT2D eigenvalue weighted by Gasteiger charge is -2.26. The SMILES string of the molecule is Cc1cccc(OCC(=O)NC2COc3ccccc3C2)c1. The summed E-state index contributed by atoms with van der Waals surface area (Å²) in [5, 5.41) is 2.96. The van der Waals surface area contributed by atoms with Crippen molar-refractivity contribution in [2.24, 2.45) is 0 Å². The number of rotatable bonds is 4. The van der Waals surface area contributed by atoms with E-state index in [0.717, 1.165) is 23.3 Å². The summed E-state index contributed by atoms with van der Waals surface area (Å²) in [5.74, 6) is 1.49. The van der Waals surface area contributed by atoms with E-state index in [4.69, 9.17) is 9.47 Å². The summed E-state index contributed by atoms with van der Waals surface area (Å²) in [5.41, 5.74) is 2.23. The lowest BCUT2D eigenvalue weighted by molar-refractivity contribution is -0.124. The van der Waals surface area contributed by atoms with E-state index in [1.165, 1.54) is 0 Å². The molecule has 1 aliphatic rings. The second kappa shape index (κ2) is 6.52. The zero-order valence-electron chi connectivity index (χ0n) is 12.5. The molecule has 4 nitrogen and oxygen atoms in total. The van der Waals surface area contributed by atoms with Crippen molar-refractivity contribution >= 4 is 5.91 Å². The second-order valence-corrected chi connectivity index (χ2v) is 5.49. The Balaban J connectivity index is 1.50. The van der Waals surface area contributed by atoms with E-state index in [-0.39, 0.29) is 18.6 Å². The van der Waals surface area contributed by atoms with Gasteiger partial charge in [0.05, 0.1) is 6.04 Å². The fourth-order valence-electron chi connectivity index (χ4n) is 2.54. The van der Waals surface area contributed by atoms with Crippen molar-refractivity contribution in [1.29, 1.82) is 0 Å². The summed E-state index contributed by atoms with van der Waals surface area (Å²) in [6, 6.07) is 15.6. The molecule has 1 N–H and O–H groups in total. The van der Waals surface area contributed by atoms with E-state index in [1.54, 1.807) is 0 Å². The molecular formula is C18H19NO3. The van der Waals surface area contributed by atoms with Crippen molar-refractivity contribution in [1.82, 2.24) is 5.32 Å². The molecule has 0 fully saturated rings. The first-order chi connectivity index (χ1) is 10.7. The number of carbonyl (C=O) groups is 1. The zero-order chi connectivity index (χ0) is 15.4. The van der Waals surface area contributed by atoms with Gasteiger partial charge in [0.1, 0.15) is 18.1 Å². The van der Waals surface area contributed by atoms with Crippen molar-refractivity contribution in [3.8, 4) is 11.5 Å². The third kappa shape index (κ3) is 3.58. The molecule has 1 amide bonds.